The van der Waals surface area contributed by atoms with Gasteiger partial charge >= 0.3 is 6.18 Å². The van der Waals surface area contributed by atoms with E-state index in [2.05, 4.69) is 0 Å². The lowest BCUT2D eigenvalue weighted by molar-refractivity contribution is -0.0940. The van der Waals surface area contributed by atoms with E-state index in [1.165, 1.54) is 6.08 Å². The first kappa shape index (κ1) is 13.7. The van der Waals surface area contributed by atoms with Gasteiger partial charge in [0.25, 0.3) is 0 Å². The Morgan fingerprint density at radius 2 is 2.00 bits per heavy atom. The Labute approximate surface area is 119 Å². The number of aldehydes is 1. The van der Waals surface area contributed by atoms with Gasteiger partial charge in [0.05, 0.1) is 5.52 Å². The molecule has 0 saturated heterocycles. The van der Waals surface area contributed by atoms with E-state index < -0.39 is 11.7 Å². The van der Waals surface area contributed by atoms with Crippen molar-refractivity contribution in [2.45, 2.75) is 19.0 Å². The minimum atomic E-state index is -4.28. The third kappa shape index (κ3) is 2.51. The van der Waals surface area contributed by atoms with Crippen LogP contribution in [0.1, 0.15) is 23.2 Å². The topological polar surface area (TPSA) is 22.0 Å². The van der Waals surface area contributed by atoms with Gasteiger partial charge in [0.15, 0.2) is 0 Å². The summed E-state index contributed by atoms with van der Waals surface area (Å²) in [6.07, 6.45) is 1.56. The van der Waals surface area contributed by atoms with Crippen LogP contribution in [-0.4, -0.2) is 17.0 Å². The normalized spacial score (nSPS) is 15.8. The largest absolute Gasteiger partial charge is 0.412 e. The molecule has 0 spiro atoms. The number of halogens is 3. The first-order chi connectivity index (χ1) is 9.99. The van der Waals surface area contributed by atoms with Crippen LogP contribution in [0.15, 0.2) is 48.2 Å². The van der Waals surface area contributed by atoms with Crippen molar-refractivity contribution in [2.75, 3.05) is 0 Å². The van der Waals surface area contributed by atoms with Gasteiger partial charge in [-0.25, -0.2) is 0 Å². The van der Waals surface area contributed by atoms with Crippen molar-refractivity contribution in [1.29, 1.82) is 0 Å². The molecule has 5 heteroatoms. The van der Waals surface area contributed by atoms with Crippen LogP contribution in [0.2, 0.25) is 0 Å². The zero-order valence-corrected chi connectivity index (χ0v) is 11.0. The van der Waals surface area contributed by atoms with E-state index in [1.54, 1.807) is 41.1 Å². The molecule has 1 aliphatic rings. The Morgan fingerprint density at radius 1 is 1.19 bits per heavy atom. The van der Waals surface area contributed by atoms with Gasteiger partial charge < -0.3 is 4.57 Å². The number of carbonyl (C=O) groups is 1. The Morgan fingerprint density at radius 3 is 2.71 bits per heavy atom. The fourth-order valence-corrected chi connectivity index (χ4v) is 2.54. The van der Waals surface area contributed by atoms with E-state index >= 15 is 0 Å². The van der Waals surface area contributed by atoms with Crippen LogP contribution in [0.4, 0.5) is 13.2 Å². The number of hydrogen-bond donors (Lipinski definition) is 0. The van der Waals surface area contributed by atoms with E-state index in [1.807, 2.05) is 0 Å². The maximum atomic E-state index is 12.8. The SMILES string of the molecule is O=Cc1ccc2c(ccn2C2=CCCC(C(F)(F)F)=C2)c1. The maximum absolute atomic E-state index is 12.8. The van der Waals surface area contributed by atoms with Crippen molar-refractivity contribution in [3.63, 3.8) is 0 Å². The summed E-state index contributed by atoms with van der Waals surface area (Å²) in [6, 6.07) is 6.91. The molecular weight excluding hydrogens is 279 g/mol. The number of allylic oxidation sites excluding steroid dienone is 4. The van der Waals surface area contributed by atoms with Gasteiger partial charge in [0.2, 0.25) is 0 Å². The van der Waals surface area contributed by atoms with Crippen molar-refractivity contribution < 1.29 is 18.0 Å². The highest BCUT2D eigenvalue weighted by Gasteiger charge is 2.34. The molecule has 0 amide bonds. The van der Waals surface area contributed by atoms with E-state index in [9.17, 15) is 18.0 Å². The van der Waals surface area contributed by atoms with E-state index in [0.717, 1.165) is 17.2 Å². The van der Waals surface area contributed by atoms with Gasteiger partial charge in [0.1, 0.15) is 6.29 Å². The monoisotopic (exact) mass is 291 g/mol. The van der Waals surface area contributed by atoms with Gasteiger partial charge in [-0.2, -0.15) is 13.2 Å². The summed E-state index contributed by atoms with van der Waals surface area (Å²) in [6.45, 7) is 0. The molecule has 0 unspecified atom stereocenters. The van der Waals surface area contributed by atoms with E-state index in [0.29, 0.717) is 17.7 Å². The Kier molecular flexibility index (Phi) is 3.20. The molecule has 108 valence electrons. The van der Waals surface area contributed by atoms with Crippen molar-refractivity contribution in [3.05, 3.63) is 53.8 Å². The standard InChI is InChI=1S/C16H12F3NO/c17-16(18,19)13-2-1-3-14(9-13)20-7-6-12-8-11(10-21)4-5-15(12)20/h3-10H,1-2H2. The number of rotatable bonds is 2. The molecule has 0 fully saturated rings. The van der Waals surface area contributed by atoms with Gasteiger partial charge in [-0.3, -0.25) is 4.79 Å². The molecule has 0 atom stereocenters. The van der Waals surface area contributed by atoms with Gasteiger partial charge in [0, 0.05) is 28.4 Å². The lowest BCUT2D eigenvalue weighted by Crippen LogP contribution is -2.14. The first-order valence-corrected chi connectivity index (χ1v) is 6.53. The lowest BCUT2D eigenvalue weighted by atomic mass is 10.0. The maximum Gasteiger partial charge on any atom is 0.412 e. The van der Waals surface area contributed by atoms with Crippen molar-refractivity contribution in [2.24, 2.45) is 0 Å². The third-order valence-electron chi connectivity index (χ3n) is 3.58. The third-order valence-corrected chi connectivity index (χ3v) is 3.58. The second-order valence-electron chi connectivity index (χ2n) is 4.96. The number of hydrogen-bond acceptors (Lipinski definition) is 1. The number of carbonyl (C=O) groups excluding carboxylic acids is 1. The molecule has 3 rings (SSSR count). The number of benzene rings is 1. The fourth-order valence-electron chi connectivity index (χ4n) is 2.54. The molecule has 0 N–H and O–H groups in total. The summed E-state index contributed by atoms with van der Waals surface area (Å²) in [5.74, 6) is 0. The quantitative estimate of drug-likeness (QED) is 0.742. The molecule has 1 aliphatic carbocycles. The van der Waals surface area contributed by atoms with Gasteiger partial charge in [-0.1, -0.05) is 6.08 Å². The molecule has 0 saturated carbocycles. The van der Waals surface area contributed by atoms with Crippen molar-refractivity contribution in [3.8, 4) is 0 Å². The average molecular weight is 291 g/mol. The Bertz CT molecular complexity index is 765. The van der Waals surface area contributed by atoms with Crippen LogP contribution in [0, 0.1) is 0 Å². The molecule has 0 radical (unpaired) electrons. The number of aromatic nitrogens is 1. The smallest absolute Gasteiger partial charge is 0.317 e. The predicted molar refractivity (Wildman–Crippen MR) is 75.0 cm³/mol. The first-order valence-electron chi connectivity index (χ1n) is 6.53. The Balaban J connectivity index is 2.07. The highest BCUT2D eigenvalue weighted by atomic mass is 19.4. The molecule has 0 bridgehead atoms. The highest BCUT2D eigenvalue weighted by Crippen LogP contribution is 2.35. The molecular formula is C16H12F3NO. The number of nitrogens with zero attached hydrogens (tertiary/aromatic N) is 1. The summed E-state index contributed by atoms with van der Waals surface area (Å²) in [7, 11) is 0. The molecule has 0 aliphatic heterocycles. The Hall–Kier alpha value is -2.30. The molecule has 1 heterocycles. The second kappa shape index (κ2) is 4.91. The summed E-state index contributed by atoms with van der Waals surface area (Å²) in [5.41, 5.74) is 1.34. The summed E-state index contributed by atoms with van der Waals surface area (Å²) in [5, 5.41) is 0.827. The molecule has 2 aromatic rings. The van der Waals surface area contributed by atoms with Crippen LogP contribution in [0.5, 0.6) is 0 Å². The zero-order valence-electron chi connectivity index (χ0n) is 11.0. The van der Waals surface area contributed by atoms with Crippen molar-refractivity contribution in [1.82, 2.24) is 4.57 Å². The summed E-state index contributed by atoms with van der Waals surface area (Å²) in [4.78, 5) is 10.8. The average Bonchev–Trinajstić information content (AvgIpc) is 2.89. The van der Waals surface area contributed by atoms with Gasteiger partial charge in [-0.15, -0.1) is 0 Å². The van der Waals surface area contributed by atoms with Crippen LogP contribution in [-0.2, 0) is 0 Å². The van der Waals surface area contributed by atoms with Crippen LogP contribution in [0.3, 0.4) is 0 Å². The zero-order chi connectivity index (χ0) is 15.0. The van der Waals surface area contributed by atoms with Crippen LogP contribution < -0.4 is 0 Å². The molecule has 1 aromatic heterocycles. The number of alkyl halides is 3. The van der Waals surface area contributed by atoms with Gasteiger partial charge in [-0.05, 0) is 43.2 Å². The fraction of sp³-hybridized carbons (Fsp3) is 0.188. The summed E-state index contributed by atoms with van der Waals surface area (Å²) < 4.78 is 40.2. The molecule has 21 heavy (non-hydrogen) atoms. The second-order valence-corrected chi connectivity index (χ2v) is 4.96. The highest BCUT2D eigenvalue weighted by molar-refractivity contribution is 5.90. The number of fused-ring (bicyclic) bond motifs is 1. The lowest BCUT2D eigenvalue weighted by Gasteiger charge is -2.17. The van der Waals surface area contributed by atoms with E-state index in [4.69, 9.17) is 0 Å². The minimum absolute atomic E-state index is 0.0154. The molecule has 1 aromatic carbocycles. The minimum Gasteiger partial charge on any atom is -0.317 e. The van der Waals surface area contributed by atoms with Crippen LogP contribution in [0.25, 0.3) is 16.6 Å². The van der Waals surface area contributed by atoms with E-state index in [-0.39, 0.29) is 6.42 Å². The molecule has 2 nitrogen and oxygen atoms in total. The van der Waals surface area contributed by atoms with Crippen LogP contribution >= 0.6 is 0 Å². The van der Waals surface area contributed by atoms with Crippen molar-refractivity contribution >= 4 is 22.9 Å². The summed E-state index contributed by atoms with van der Waals surface area (Å²) >= 11 is 0. The predicted octanol–water partition coefficient (Wildman–Crippen LogP) is 4.58.